The Morgan fingerprint density at radius 2 is 1.91 bits per heavy atom. The first kappa shape index (κ1) is 23.2. The van der Waals surface area contributed by atoms with Crippen LogP contribution in [0.25, 0.3) is 11.0 Å². The number of pyridine rings is 2. The largest absolute Gasteiger partial charge is 0.496 e. The maximum absolute atomic E-state index is 13.9. The monoisotopic (exact) mass is 467 g/mol. The summed E-state index contributed by atoms with van der Waals surface area (Å²) >= 11 is 0. The van der Waals surface area contributed by atoms with Crippen molar-refractivity contribution in [2.75, 3.05) is 25.9 Å². The van der Waals surface area contributed by atoms with Gasteiger partial charge in [0, 0.05) is 12.6 Å². The molecule has 0 unspecified atom stereocenters. The number of amides is 2. The van der Waals surface area contributed by atoms with E-state index in [1.54, 1.807) is 0 Å². The number of alkyl halides is 1. The summed E-state index contributed by atoms with van der Waals surface area (Å²) in [6.45, 7) is 3.05. The molecule has 2 amide bonds. The number of likely N-dealkylation sites (tertiary alicyclic amines) is 1. The van der Waals surface area contributed by atoms with Crippen LogP contribution in [0.3, 0.4) is 0 Å². The van der Waals surface area contributed by atoms with Crippen LogP contribution in [0, 0.1) is 6.92 Å². The zero-order valence-electron chi connectivity index (χ0n) is 19.2. The molecule has 2 aromatic heterocycles. The van der Waals surface area contributed by atoms with Crippen LogP contribution < -0.4 is 21.3 Å². The van der Waals surface area contributed by atoms with Gasteiger partial charge in [0.2, 0.25) is 5.91 Å². The van der Waals surface area contributed by atoms with E-state index in [0.29, 0.717) is 11.1 Å². The fraction of sp³-hybridized carbons (Fsp3) is 0.333. The van der Waals surface area contributed by atoms with E-state index < -0.39 is 29.6 Å². The van der Waals surface area contributed by atoms with Crippen molar-refractivity contribution in [1.82, 2.24) is 19.8 Å². The molecule has 1 aliphatic heterocycles. The molecular formula is C24H26FN5O4. The average Bonchev–Trinajstić information content (AvgIpc) is 2.78. The number of aromatic nitrogens is 2. The van der Waals surface area contributed by atoms with Gasteiger partial charge in [0.15, 0.2) is 0 Å². The number of carbonyl (C=O) groups excluding carboxylic acids is 2. The van der Waals surface area contributed by atoms with Gasteiger partial charge >= 0.3 is 0 Å². The summed E-state index contributed by atoms with van der Waals surface area (Å²) < 4.78 is 20.4. The van der Waals surface area contributed by atoms with Crippen molar-refractivity contribution in [1.29, 1.82) is 0 Å². The summed E-state index contributed by atoms with van der Waals surface area (Å²) in [6, 6.07) is 10.5. The normalized spacial score (nSPS) is 14.5. The molecule has 9 nitrogen and oxygen atoms in total. The SMILES string of the molecule is COc1cc(N)nc2c1cc(C(=O)NCc1ccc(C)cc1)c(=O)n2CC(=O)N1CC(C)(F)C1. The molecule has 0 radical (unpaired) electrons. The van der Waals surface area contributed by atoms with E-state index in [-0.39, 0.29) is 36.7 Å². The third-order valence-electron chi connectivity index (χ3n) is 5.77. The minimum atomic E-state index is -1.45. The van der Waals surface area contributed by atoms with Crippen LogP contribution in [-0.2, 0) is 17.9 Å². The molecule has 178 valence electrons. The van der Waals surface area contributed by atoms with Gasteiger partial charge in [-0.05, 0) is 25.5 Å². The van der Waals surface area contributed by atoms with Crippen LogP contribution in [0.1, 0.15) is 28.4 Å². The van der Waals surface area contributed by atoms with Gasteiger partial charge in [-0.1, -0.05) is 29.8 Å². The maximum Gasteiger partial charge on any atom is 0.265 e. The summed E-state index contributed by atoms with van der Waals surface area (Å²) in [6.07, 6.45) is 0. The van der Waals surface area contributed by atoms with Gasteiger partial charge in [-0.2, -0.15) is 0 Å². The molecule has 3 heterocycles. The van der Waals surface area contributed by atoms with E-state index in [0.717, 1.165) is 15.7 Å². The average molecular weight is 468 g/mol. The number of hydrogen-bond donors (Lipinski definition) is 2. The summed E-state index contributed by atoms with van der Waals surface area (Å²) in [5, 5.41) is 3.09. The van der Waals surface area contributed by atoms with Crippen molar-refractivity contribution in [2.45, 2.75) is 32.6 Å². The van der Waals surface area contributed by atoms with E-state index in [1.165, 1.54) is 31.1 Å². The first-order chi connectivity index (χ1) is 16.1. The third-order valence-corrected chi connectivity index (χ3v) is 5.77. The van der Waals surface area contributed by atoms with Crippen LogP contribution in [0.2, 0.25) is 0 Å². The zero-order valence-corrected chi connectivity index (χ0v) is 19.2. The Hall–Kier alpha value is -3.95. The molecule has 4 rings (SSSR count). The highest BCUT2D eigenvalue weighted by molar-refractivity contribution is 5.98. The molecule has 0 saturated carbocycles. The number of aryl methyl sites for hydroxylation is 1. The minimum Gasteiger partial charge on any atom is -0.496 e. The molecule has 1 aliphatic rings. The first-order valence-corrected chi connectivity index (χ1v) is 10.8. The molecule has 1 saturated heterocycles. The Balaban J connectivity index is 1.71. The number of benzene rings is 1. The van der Waals surface area contributed by atoms with Gasteiger partial charge in [-0.25, -0.2) is 9.37 Å². The number of ether oxygens (including phenoxy) is 1. The van der Waals surface area contributed by atoms with Gasteiger partial charge in [0.05, 0.1) is 25.6 Å². The van der Waals surface area contributed by atoms with Crippen molar-refractivity contribution in [2.24, 2.45) is 0 Å². The smallest absolute Gasteiger partial charge is 0.265 e. The molecule has 0 atom stereocenters. The van der Waals surface area contributed by atoms with E-state index >= 15 is 0 Å². The van der Waals surface area contributed by atoms with Gasteiger partial charge < -0.3 is 20.7 Å². The number of nitrogens with zero attached hydrogens (tertiary/aromatic N) is 3. The highest BCUT2D eigenvalue weighted by Gasteiger charge is 2.41. The lowest BCUT2D eigenvalue weighted by molar-refractivity contribution is -0.144. The fourth-order valence-corrected chi connectivity index (χ4v) is 3.95. The van der Waals surface area contributed by atoms with Crippen LogP contribution >= 0.6 is 0 Å². The number of halogens is 1. The van der Waals surface area contributed by atoms with Gasteiger partial charge in [0.25, 0.3) is 11.5 Å². The van der Waals surface area contributed by atoms with Crippen LogP contribution in [0.5, 0.6) is 5.75 Å². The van der Waals surface area contributed by atoms with Crippen LogP contribution in [0.4, 0.5) is 10.2 Å². The maximum atomic E-state index is 13.9. The lowest BCUT2D eigenvalue weighted by Gasteiger charge is -2.42. The molecule has 0 aliphatic carbocycles. The Kier molecular flexibility index (Phi) is 5.99. The van der Waals surface area contributed by atoms with Crippen molar-refractivity contribution in [3.63, 3.8) is 0 Å². The summed E-state index contributed by atoms with van der Waals surface area (Å²) in [5.41, 5.74) is 5.61. The predicted octanol–water partition coefficient (Wildman–Crippen LogP) is 1.80. The lowest BCUT2D eigenvalue weighted by atomic mass is 9.99. The molecular weight excluding hydrogens is 441 g/mol. The second-order valence-corrected chi connectivity index (χ2v) is 8.77. The summed E-state index contributed by atoms with van der Waals surface area (Å²) in [7, 11) is 1.42. The van der Waals surface area contributed by atoms with Gasteiger partial charge in [0.1, 0.15) is 35.0 Å². The zero-order chi connectivity index (χ0) is 24.6. The number of nitrogens with two attached hydrogens (primary N) is 1. The predicted molar refractivity (Wildman–Crippen MR) is 125 cm³/mol. The molecule has 1 aromatic carbocycles. The van der Waals surface area contributed by atoms with E-state index in [4.69, 9.17) is 10.5 Å². The highest BCUT2D eigenvalue weighted by Crippen LogP contribution is 2.28. The second kappa shape index (κ2) is 8.77. The van der Waals surface area contributed by atoms with Crippen molar-refractivity contribution < 1.29 is 18.7 Å². The standard InChI is InChI=1S/C24H26FN5O4/c1-14-4-6-15(7-5-14)10-27-22(32)17-8-16-18(34-3)9-19(26)28-21(16)30(23(17)33)11-20(31)29-12-24(2,25)13-29/h4-9H,10-13H2,1-3H3,(H2,26,28)(H,27,32). The van der Waals surface area contributed by atoms with Crippen molar-refractivity contribution in [3.05, 3.63) is 63.4 Å². The number of nitrogen functional groups attached to an aromatic ring is 1. The molecule has 0 spiro atoms. The van der Waals surface area contributed by atoms with Crippen molar-refractivity contribution >= 4 is 28.7 Å². The topological polar surface area (TPSA) is 120 Å². The highest BCUT2D eigenvalue weighted by atomic mass is 19.1. The van der Waals surface area contributed by atoms with Gasteiger partial charge in [-0.3, -0.25) is 19.0 Å². The summed E-state index contributed by atoms with van der Waals surface area (Å²) in [5.74, 6) is -0.676. The van der Waals surface area contributed by atoms with Gasteiger partial charge in [-0.15, -0.1) is 0 Å². The minimum absolute atomic E-state index is 0.0614. The van der Waals surface area contributed by atoms with Crippen molar-refractivity contribution in [3.8, 4) is 5.75 Å². The molecule has 3 N–H and O–H groups in total. The Morgan fingerprint density at radius 3 is 2.53 bits per heavy atom. The van der Waals surface area contributed by atoms with E-state index in [1.807, 2.05) is 31.2 Å². The lowest BCUT2D eigenvalue weighted by Crippen LogP contribution is -2.60. The Morgan fingerprint density at radius 1 is 1.24 bits per heavy atom. The third kappa shape index (κ3) is 4.57. The summed E-state index contributed by atoms with van der Waals surface area (Å²) in [4.78, 5) is 44.6. The molecule has 10 heteroatoms. The first-order valence-electron chi connectivity index (χ1n) is 10.8. The molecule has 34 heavy (non-hydrogen) atoms. The number of nitrogens with one attached hydrogen (secondary N) is 1. The Bertz CT molecular complexity index is 1330. The molecule has 1 fully saturated rings. The number of anilines is 1. The number of carbonyl (C=O) groups is 2. The van der Waals surface area contributed by atoms with E-state index in [2.05, 4.69) is 10.3 Å². The number of methoxy groups -OCH3 is 1. The second-order valence-electron chi connectivity index (χ2n) is 8.77. The number of fused-ring (bicyclic) bond motifs is 1. The quantitative estimate of drug-likeness (QED) is 0.571. The number of hydrogen-bond acceptors (Lipinski definition) is 6. The van der Waals surface area contributed by atoms with Crippen LogP contribution in [0.15, 0.2) is 41.2 Å². The fourth-order valence-electron chi connectivity index (χ4n) is 3.95. The van der Waals surface area contributed by atoms with Crippen LogP contribution in [-0.4, -0.2) is 52.1 Å². The molecule has 3 aromatic rings. The van der Waals surface area contributed by atoms with E-state index in [9.17, 15) is 18.8 Å². The molecule has 0 bridgehead atoms. The number of rotatable bonds is 6. The Labute approximate surface area is 195 Å².